The summed E-state index contributed by atoms with van der Waals surface area (Å²) in [5.41, 5.74) is 4.38. The quantitative estimate of drug-likeness (QED) is 0.680. The Morgan fingerprint density at radius 1 is 1.21 bits per heavy atom. The third kappa shape index (κ3) is 3.79. The smallest absolute Gasteiger partial charge is 0.127 e. The van der Waals surface area contributed by atoms with Gasteiger partial charge in [-0.15, -0.1) is 0 Å². The molecule has 0 amide bonds. The summed E-state index contributed by atoms with van der Waals surface area (Å²) in [4.78, 5) is 0. The first-order chi connectivity index (χ1) is 9.19. The molecule has 0 aromatic heterocycles. The third-order valence-corrected chi connectivity index (χ3v) is 2.93. The van der Waals surface area contributed by atoms with Crippen molar-refractivity contribution in [1.82, 2.24) is 0 Å². The van der Waals surface area contributed by atoms with E-state index in [0.29, 0.717) is 5.69 Å². The Morgan fingerprint density at radius 2 is 1.95 bits per heavy atom. The predicted octanol–water partition coefficient (Wildman–Crippen LogP) is 4.04. The second-order valence-electron chi connectivity index (χ2n) is 3.76. The molecule has 0 aliphatic rings. The van der Waals surface area contributed by atoms with Gasteiger partial charge in [0.15, 0.2) is 0 Å². The van der Waals surface area contributed by atoms with Crippen molar-refractivity contribution < 1.29 is 9.13 Å². The lowest BCUT2D eigenvalue weighted by molar-refractivity contribution is 0.414. The molecule has 0 bridgehead atoms. The summed E-state index contributed by atoms with van der Waals surface area (Å²) in [7, 11) is 1.61. The van der Waals surface area contributed by atoms with Crippen LogP contribution in [0.2, 0.25) is 0 Å². The number of nitrogens with one attached hydrogen (secondary N) is 1. The van der Waals surface area contributed by atoms with Gasteiger partial charge in [0.2, 0.25) is 0 Å². The molecule has 0 aliphatic carbocycles. The number of anilines is 1. The monoisotopic (exact) mass is 322 g/mol. The molecule has 0 atom stereocenters. The van der Waals surface area contributed by atoms with Crippen LogP contribution in [-0.4, -0.2) is 13.3 Å². The van der Waals surface area contributed by atoms with Gasteiger partial charge >= 0.3 is 0 Å². The average Bonchev–Trinajstić information content (AvgIpc) is 2.41. The van der Waals surface area contributed by atoms with E-state index in [0.717, 1.165) is 15.8 Å². The minimum absolute atomic E-state index is 0.275. The van der Waals surface area contributed by atoms with Gasteiger partial charge in [-0.1, -0.05) is 15.9 Å². The van der Waals surface area contributed by atoms with Crippen molar-refractivity contribution in [1.29, 1.82) is 0 Å². The average molecular weight is 323 g/mol. The first-order valence-corrected chi connectivity index (χ1v) is 6.36. The van der Waals surface area contributed by atoms with E-state index in [1.54, 1.807) is 25.5 Å². The number of rotatable bonds is 4. The number of methoxy groups -OCH3 is 1. The van der Waals surface area contributed by atoms with Gasteiger partial charge in [0.05, 0.1) is 19.0 Å². The van der Waals surface area contributed by atoms with Crippen LogP contribution in [0.15, 0.2) is 52.0 Å². The molecule has 19 heavy (non-hydrogen) atoms. The van der Waals surface area contributed by atoms with E-state index in [4.69, 9.17) is 4.74 Å². The maximum Gasteiger partial charge on any atom is 0.127 e. The van der Waals surface area contributed by atoms with E-state index in [2.05, 4.69) is 26.5 Å². The Kier molecular flexibility index (Phi) is 4.52. The normalized spacial score (nSPS) is 10.7. The molecule has 3 nitrogen and oxygen atoms in total. The van der Waals surface area contributed by atoms with Crippen molar-refractivity contribution in [3.8, 4) is 5.75 Å². The van der Waals surface area contributed by atoms with Crippen LogP contribution in [0, 0.1) is 5.82 Å². The number of nitrogens with zero attached hydrogens (tertiary/aromatic N) is 1. The third-order valence-electron chi connectivity index (χ3n) is 2.43. The Bertz CT molecular complexity index is 584. The van der Waals surface area contributed by atoms with E-state index < -0.39 is 0 Å². The maximum atomic E-state index is 12.7. The number of benzene rings is 2. The van der Waals surface area contributed by atoms with Gasteiger partial charge < -0.3 is 4.74 Å². The number of ether oxygens (including phenoxy) is 1. The first kappa shape index (κ1) is 13.5. The SMILES string of the molecule is COc1ccc(Br)cc1/C=N/Nc1ccc(F)cc1. The molecule has 5 heteroatoms. The highest BCUT2D eigenvalue weighted by Gasteiger charge is 2.00. The number of halogens is 2. The molecule has 0 aliphatic heterocycles. The van der Waals surface area contributed by atoms with Crippen LogP contribution < -0.4 is 10.2 Å². The summed E-state index contributed by atoms with van der Waals surface area (Å²) in [6.07, 6.45) is 1.65. The molecule has 98 valence electrons. The lowest BCUT2D eigenvalue weighted by Gasteiger charge is -2.05. The van der Waals surface area contributed by atoms with Gasteiger partial charge in [-0.3, -0.25) is 5.43 Å². The number of hydrogen-bond donors (Lipinski definition) is 1. The molecule has 0 saturated heterocycles. The number of hydrogen-bond acceptors (Lipinski definition) is 3. The first-order valence-electron chi connectivity index (χ1n) is 5.57. The van der Waals surface area contributed by atoms with Crippen LogP contribution in [0.4, 0.5) is 10.1 Å². The highest BCUT2D eigenvalue weighted by Crippen LogP contribution is 2.21. The lowest BCUT2D eigenvalue weighted by Crippen LogP contribution is -1.94. The molecule has 2 aromatic rings. The topological polar surface area (TPSA) is 33.6 Å². The van der Waals surface area contributed by atoms with E-state index in [1.165, 1.54) is 12.1 Å². The second kappa shape index (κ2) is 6.33. The summed E-state index contributed by atoms with van der Waals surface area (Å²) in [6.45, 7) is 0. The fraction of sp³-hybridized carbons (Fsp3) is 0.0714. The van der Waals surface area contributed by atoms with Crippen molar-refractivity contribution in [2.45, 2.75) is 0 Å². The standard InChI is InChI=1S/C14H12BrFN2O/c1-19-14-7-2-11(15)8-10(14)9-17-18-13-5-3-12(16)4-6-13/h2-9,18H,1H3/b17-9+. The van der Waals surface area contributed by atoms with Gasteiger partial charge in [0.25, 0.3) is 0 Å². The molecule has 0 unspecified atom stereocenters. The Balaban J connectivity index is 2.10. The van der Waals surface area contributed by atoms with Crippen LogP contribution in [0.25, 0.3) is 0 Å². The zero-order valence-electron chi connectivity index (χ0n) is 10.2. The largest absolute Gasteiger partial charge is 0.496 e. The molecule has 1 N–H and O–H groups in total. The van der Waals surface area contributed by atoms with Gasteiger partial charge in [0, 0.05) is 10.0 Å². The van der Waals surface area contributed by atoms with Gasteiger partial charge in [-0.05, 0) is 42.5 Å². The van der Waals surface area contributed by atoms with Crippen LogP contribution in [0.1, 0.15) is 5.56 Å². The van der Waals surface area contributed by atoms with E-state index in [-0.39, 0.29) is 5.82 Å². The van der Waals surface area contributed by atoms with Crippen LogP contribution in [0.5, 0.6) is 5.75 Å². The van der Waals surface area contributed by atoms with Crippen LogP contribution in [-0.2, 0) is 0 Å². The molecule has 0 fully saturated rings. The van der Waals surface area contributed by atoms with E-state index >= 15 is 0 Å². The van der Waals surface area contributed by atoms with Crippen molar-refractivity contribution in [2.75, 3.05) is 12.5 Å². The molecule has 2 rings (SSSR count). The Hall–Kier alpha value is -1.88. The fourth-order valence-corrected chi connectivity index (χ4v) is 1.89. The van der Waals surface area contributed by atoms with E-state index in [9.17, 15) is 4.39 Å². The van der Waals surface area contributed by atoms with Crippen molar-refractivity contribution in [3.05, 3.63) is 58.3 Å². The number of hydrazone groups is 1. The lowest BCUT2D eigenvalue weighted by atomic mass is 10.2. The molecule has 0 radical (unpaired) electrons. The van der Waals surface area contributed by atoms with Gasteiger partial charge in [-0.25, -0.2) is 4.39 Å². The second-order valence-corrected chi connectivity index (χ2v) is 4.68. The zero-order chi connectivity index (χ0) is 13.7. The van der Waals surface area contributed by atoms with Crippen LogP contribution in [0.3, 0.4) is 0 Å². The minimum Gasteiger partial charge on any atom is -0.496 e. The molecule has 0 spiro atoms. The highest BCUT2D eigenvalue weighted by molar-refractivity contribution is 9.10. The Labute approximate surface area is 119 Å². The molecular weight excluding hydrogens is 311 g/mol. The van der Waals surface area contributed by atoms with Crippen LogP contribution >= 0.6 is 15.9 Å². The Morgan fingerprint density at radius 3 is 2.63 bits per heavy atom. The zero-order valence-corrected chi connectivity index (χ0v) is 11.8. The molecule has 0 heterocycles. The van der Waals surface area contributed by atoms with Gasteiger partial charge in [0.1, 0.15) is 11.6 Å². The predicted molar refractivity (Wildman–Crippen MR) is 78.3 cm³/mol. The van der Waals surface area contributed by atoms with Crippen molar-refractivity contribution in [2.24, 2.45) is 5.10 Å². The van der Waals surface area contributed by atoms with Crippen molar-refractivity contribution >= 4 is 27.8 Å². The highest BCUT2D eigenvalue weighted by atomic mass is 79.9. The van der Waals surface area contributed by atoms with E-state index in [1.807, 2.05) is 18.2 Å². The molecular formula is C14H12BrFN2O. The summed E-state index contributed by atoms with van der Waals surface area (Å²) in [5.74, 6) is 0.455. The summed E-state index contributed by atoms with van der Waals surface area (Å²) in [6, 6.07) is 11.6. The summed E-state index contributed by atoms with van der Waals surface area (Å²) < 4.78 is 18.9. The maximum absolute atomic E-state index is 12.7. The minimum atomic E-state index is -0.275. The molecule has 2 aromatic carbocycles. The molecule has 0 saturated carbocycles. The summed E-state index contributed by atoms with van der Waals surface area (Å²) >= 11 is 3.39. The summed E-state index contributed by atoms with van der Waals surface area (Å²) in [5, 5.41) is 4.09. The van der Waals surface area contributed by atoms with Gasteiger partial charge in [-0.2, -0.15) is 5.10 Å². The fourth-order valence-electron chi connectivity index (χ4n) is 1.51. The van der Waals surface area contributed by atoms with Crippen molar-refractivity contribution in [3.63, 3.8) is 0 Å².